The summed E-state index contributed by atoms with van der Waals surface area (Å²) < 4.78 is 0. The van der Waals surface area contributed by atoms with Crippen molar-refractivity contribution >= 4 is 22.8 Å². The number of carbonyl (C=O) groups is 2. The smallest absolute Gasteiger partial charge is 0.254 e. The Morgan fingerprint density at radius 3 is 2.52 bits per heavy atom. The molecule has 2 aromatic carbocycles. The Morgan fingerprint density at radius 1 is 1.10 bits per heavy atom. The number of amides is 2. The van der Waals surface area contributed by atoms with Gasteiger partial charge in [-0.2, -0.15) is 5.26 Å². The maximum Gasteiger partial charge on any atom is 0.254 e. The summed E-state index contributed by atoms with van der Waals surface area (Å²) in [6, 6.07) is 16.8. The van der Waals surface area contributed by atoms with E-state index in [0.29, 0.717) is 28.0 Å². The quantitative estimate of drug-likeness (QED) is 0.448. The van der Waals surface area contributed by atoms with Gasteiger partial charge in [-0.3, -0.25) is 14.6 Å². The number of nitrogens with two attached hydrogens (primary N) is 1. The molecule has 0 aliphatic rings. The van der Waals surface area contributed by atoms with Crippen LogP contribution in [0.2, 0.25) is 0 Å². The molecule has 0 fully saturated rings. The molecule has 31 heavy (non-hydrogen) atoms. The van der Waals surface area contributed by atoms with Gasteiger partial charge in [-0.1, -0.05) is 18.2 Å². The van der Waals surface area contributed by atoms with Gasteiger partial charge in [0.25, 0.3) is 5.91 Å². The van der Waals surface area contributed by atoms with Crippen molar-refractivity contribution in [1.82, 2.24) is 20.3 Å². The summed E-state index contributed by atoms with van der Waals surface area (Å²) >= 11 is 0. The van der Waals surface area contributed by atoms with Crippen molar-refractivity contribution in [2.45, 2.75) is 12.5 Å². The summed E-state index contributed by atoms with van der Waals surface area (Å²) in [5.74, 6) is -0.484. The van der Waals surface area contributed by atoms with E-state index in [9.17, 15) is 9.59 Å². The summed E-state index contributed by atoms with van der Waals surface area (Å²) in [6.07, 6.45) is 3.54. The molecule has 1 atom stereocenters. The molecule has 0 aliphatic heterocycles. The molecule has 0 aliphatic carbocycles. The molecule has 8 nitrogen and oxygen atoms in total. The van der Waals surface area contributed by atoms with Gasteiger partial charge < -0.3 is 16.0 Å². The highest BCUT2D eigenvalue weighted by Gasteiger charge is 2.22. The van der Waals surface area contributed by atoms with E-state index < -0.39 is 17.9 Å². The average Bonchev–Trinajstić information content (AvgIpc) is 3.24. The molecular weight excluding hydrogens is 392 g/mol. The second kappa shape index (κ2) is 8.47. The van der Waals surface area contributed by atoms with Crippen molar-refractivity contribution in [3.63, 3.8) is 0 Å². The van der Waals surface area contributed by atoms with Crippen LogP contribution in [0.1, 0.15) is 21.5 Å². The van der Waals surface area contributed by atoms with E-state index in [4.69, 9.17) is 11.0 Å². The van der Waals surface area contributed by atoms with Gasteiger partial charge in [0.1, 0.15) is 17.4 Å². The number of benzene rings is 2. The largest absolute Gasteiger partial charge is 0.368 e. The number of carbonyl (C=O) groups excluding carboxylic acids is 2. The number of nitriles is 1. The first-order valence-corrected chi connectivity index (χ1v) is 9.53. The number of nitrogens with zero attached hydrogens (tertiary/aromatic N) is 3. The van der Waals surface area contributed by atoms with E-state index >= 15 is 0 Å². The average molecular weight is 410 g/mol. The SMILES string of the molecule is N#Cc1ccc(CC(NC(=O)c2cccc3[nH]c(-c4ccncc4)nc23)C(N)=O)cc1. The highest BCUT2D eigenvalue weighted by molar-refractivity contribution is 6.06. The Hall–Kier alpha value is -4.51. The molecular formula is C23H18N6O2. The van der Waals surface area contributed by atoms with Crippen LogP contribution < -0.4 is 11.1 Å². The Labute approximate surface area is 177 Å². The molecule has 4 aromatic rings. The van der Waals surface area contributed by atoms with Crippen LogP contribution >= 0.6 is 0 Å². The van der Waals surface area contributed by atoms with Crippen LogP contribution in [0, 0.1) is 11.3 Å². The molecule has 1 unspecified atom stereocenters. The zero-order chi connectivity index (χ0) is 21.8. The molecule has 0 saturated carbocycles. The lowest BCUT2D eigenvalue weighted by atomic mass is 10.0. The number of imidazole rings is 1. The van der Waals surface area contributed by atoms with Gasteiger partial charge >= 0.3 is 0 Å². The van der Waals surface area contributed by atoms with Crippen LogP contribution in [-0.4, -0.2) is 32.8 Å². The third kappa shape index (κ3) is 4.26. The van der Waals surface area contributed by atoms with Crippen molar-refractivity contribution in [2.75, 3.05) is 0 Å². The van der Waals surface area contributed by atoms with E-state index in [0.717, 1.165) is 11.1 Å². The molecule has 0 spiro atoms. The number of H-pyrrole nitrogens is 1. The molecule has 152 valence electrons. The maximum atomic E-state index is 13.0. The van der Waals surface area contributed by atoms with E-state index in [1.165, 1.54) is 0 Å². The molecule has 2 aromatic heterocycles. The van der Waals surface area contributed by atoms with Crippen molar-refractivity contribution in [1.29, 1.82) is 5.26 Å². The second-order valence-electron chi connectivity index (χ2n) is 6.96. The lowest BCUT2D eigenvalue weighted by Crippen LogP contribution is -2.45. The van der Waals surface area contributed by atoms with Crippen molar-refractivity contribution in [3.05, 3.63) is 83.7 Å². The molecule has 4 rings (SSSR count). The van der Waals surface area contributed by atoms with Crippen molar-refractivity contribution in [2.24, 2.45) is 5.73 Å². The minimum Gasteiger partial charge on any atom is -0.368 e. The summed E-state index contributed by atoms with van der Waals surface area (Å²) in [6.45, 7) is 0. The third-order valence-corrected chi connectivity index (χ3v) is 4.88. The monoisotopic (exact) mass is 410 g/mol. The van der Waals surface area contributed by atoms with Crippen LogP contribution in [0.25, 0.3) is 22.4 Å². The van der Waals surface area contributed by atoms with Gasteiger partial charge in [0.05, 0.1) is 22.7 Å². The number of para-hydroxylation sites is 1. The van der Waals surface area contributed by atoms with Gasteiger partial charge in [0.2, 0.25) is 5.91 Å². The first-order valence-electron chi connectivity index (χ1n) is 9.53. The van der Waals surface area contributed by atoms with Crippen LogP contribution in [0.4, 0.5) is 0 Å². The minimum atomic E-state index is -0.908. The number of primary amides is 1. The molecule has 0 radical (unpaired) electrons. The number of rotatable bonds is 6. The van der Waals surface area contributed by atoms with E-state index in [1.54, 1.807) is 48.8 Å². The molecule has 2 amide bonds. The number of fused-ring (bicyclic) bond motifs is 1. The number of nitrogens with one attached hydrogen (secondary N) is 2. The topological polar surface area (TPSA) is 138 Å². The third-order valence-electron chi connectivity index (χ3n) is 4.88. The normalized spacial score (nSPS) is 11.6. The fourth-order valence-electron chi connectivity index (χ4n) is 3.27. The highest BCUT2D eigenvalue weighted by Crippen LogP contribution is 2.22. The maximum absolute atomic E-state index is 13.0. The number of aromatic nitrogens is 3. The lowest BCUT2D eigenvalue weighted by molar-refractivity contribution is -0.119. The molecule has 2 heterocycles. The zero-order valence-corrected chi connectivity index (χ0v) is 16.4. The Bertz CT molecular complexity index is 1290. The second-order valence-corrected chi connectivity index (χ2v) is 6.96. The molecule has 4 N–H and O–H groups in total. The Kier molecular flexibility index (Phi) is 5.41. The predicted molar refractivity (Wildman–Crippen MR) is 115 cm³/mol. The fraction of sp³-hybridized carbons (Fsp3) is 0.0870. The summed E-state index contributed by atoms with van der Waals surface area (Å²) in [7, 11) is 0. The number of aromatic amines is 1. The van der Waals surface area contributed by atoms with E-state index in [2.05, 4.69) is 20.3 Å². The number of hydrogen-bond acceptors (Lipinski definition) is 5. The fourth-order valence-corrected chi connectivity index (χ4v) is 3.27. The molecule has 0 saturated heterocycles. The number of hydrogen-bond donors (Lipinski definition) is 3. The highest BCUT2D eigenvalue weighted by atomic mass is 16.2. The first kappa shape index (κ1) is 19.8. The lowest BCUT2D eigenvalue weighted by Gasteiger charge is -2.16. The summed E-state index contributed by atoms with van der Waals surface area (Å²) in [5, 5.41) is 11.6. The molecule has 8 heteroatoms. The minimum absolute atomic E-state index is 0.214. The van der Waals surface area contributed by atoms with E-state index in [1.807, 2.05) is 24.3 Å². The van der Waals surface area contributed by atoms with Gasteiger partial charge in [0, 0.05) is 24.4 Å². The van der Waals surface area contributed by atoms with Crippen LogP contribution in [-0.2, 0) is 11.2 Å². The van der Waals surface area contributed by atoms with Crippen molar-refractivity contribution in [3.8, 4) is 17.5 Å². The van der Waals surface area contributed by atoms with Crippen LogP contribution in [0.5, 0.6) is 0 Å². The summed E-state index contributed by atoms with van der Waals surface area (Å²) in [5.41, 5.74) is 9.18. The Balaban J connectivity index is 1.59. The summed E-state index contributed by atoms with van der Waals surface area (Å²) in [4.78, 5) is 36.7. The Morgan fingerprint density at radius 2 is 1.84 bits per heavy atom. The molecule has 0 bridgehead atoms. The predicted octanol–water partition coefficient (Wildman–Crippen LogP) is 2.32. The van der Waals surface area contributed by atoms with Crippen LogP contribution in [0.3, 0.4) is 0 Å². The van der Waals surface area contributed by atoms with E-state index in [-0.39, 0.29) is 6.42 Å². The van der Waals surface area contributed by atoms with Gasteiger partial charge in [-0.05, 0) is 42.0 Å². The van der Waals surface area contributed by atoms with Gasteiger partial charge in [-0.15, -0.1) is 0 Å². The first-order chi connectivity index (χ1) is 15.0. The van der Waals surface area contributed by atoms with Crippen molar-refractivity contribution < 1.29 is 9.59 Å². The van der Waals surface area contributed by atoms with Crippen LogP contribution in [0.15, 0.2) is 67.0 Å². The van der Waals surface area contributed by atoms with Gasteiger partial charge in [0.15, 0.2) is 0 Å². The number of pyridine rings is 1. The van der Waals surface area contributed by atoms with Gasteiger partial charge in [-0.25, -0.2) is 4.98 Å². The standard InChI is InChI=1S/C23H18N6O2/c24-13-15-6-4-14(5-7-15)12-19(21(25)30)28-23(31)17-2-1-3-18-20(17)29-22(27-18)16-8-10-26-11-9-16/h1-11,19H,12H2,(H2,25,30)(H,27,29)(H,28,31). The zero-order valence-electron chi connectivity index (χ0n) is 16.4.